The van der Waals surface area contributed by atoms with Gasteiger partial charge in [0.2, 0.25) is 11.5 Å². The van der Waals surface area contributed by atoms with E-state index in [-0.39, 0.29) is 29.7 Å². The SMILES string of the molecule is CC[C@@]1(OC(=O)CNC(=O)CNC(=O)OC(C)(C)C)C(=O)OCc2c1cc1n(c2=O)Cc2cc3ccccc3nc2-1. The molecule has 214 valence electrons. The van der Waals surface area contributed by atoms with Crippen molar-refractivity contribution in [2.24, 2.45) is 0 Å². The van der Waals surface area contributed by atoms with Gasteiger partial charge in [-0.25, -0.2) is 14.6 Å². The van der Waals surface area contributed by atoms with E-state index in [1.807, 2.05) is 30.3 Å². The van der Waals surface area contributed by atoms with Gasteiger partial charge in [-0.3, -0.25) is 14.4 Å². The van der Waals surface area contributed by atoms with E-state index in [1.165, 1.54) is 0 Å². The van der Waals surface area contributed by atoms with Gasteiger partial charge in [-0.2, -0.15) is 0 Å². The molecule has 2 amide bonds. The molecule has 0 aliphatic carbocycles. The minimum Gasteiger partial charge on any atom is -0.457 e. The Balaban J connectivity index is 1.38. The summed E-state index contributed by atoms with van der Waals surface area (Å²) in [5.74, 6) is -2.41. The monoisotopic (exact) mass is 562 g/mol. The maximum absolute atomic E-state index is 13.6. The van der Waals surface area contributed by atoms with Crippen molar-refractivity contribution in [1.29, 1.82) is 0 Å². The van der Waals surface area contributed by atoms with E-state index in [9.17, 15) is 24.0 Å². The quantitative estimate of drug-likeness (QED) is 0.266. The molecule has 2 aromatic heterocycles. The Morgan fingerprint density at radius 2 is 1.85 bits per heavy atom. The first-order valence-corrected chi connectivity index (χ1v) is 13.2. The van der Waals surface area contributed by atoms with Gasteiger partial charge >= 0.3 is 18.0 Å². The molecule has 1 aromatic carbocycles. The zero-order chi connectivity index (χ0) is 29.5. The van der Waals surface area contributed by atoms with Crippen molar-refractivity contribution in [3.8, 4) is 11.4 Å². The summed E-state index contributed by atoms with van der Waals surface area (Å²) in [7, 11) is 0. The number of carbonyl (C=O) groups is 4. The number of rotatable bonds is 6. The summed E-state index contributed by atoms with van der Waals surface area (Å²) in [4.78, 5) is 68.3. The topological polar surface area (TPSA) is 155 Å². The van der Waals surface area contributed by atoms with Crippen LogP contribution in [0.2, 0.25) is 0 Å². The van der Waals surface area contributed by atoms with E-state index >= 15 is 0 Å². The largest absolute Gasteiger partial charge is 0.457 e. The number of aromatic nitrogens is 2. The van der Waals surface area contributed by atoms with Crippen LogP contribution in [0.1, 0.15) is 50.8 Å². The van der Waals surface area contributed by atoms with Gasteiger partial charge in [-0.1, -0.05) is 25.1 Å². The number of nitrogens with zero attached hydrogens (tertiary/aromatic N) is 2. The van der Waals surface area contributed by atoms with Crippen LogP contribution in [0.3, 0.4) is 0 Å². The minimum absolute atomic E-state index is 0.0143. The Morgan fingerprint density at radius 1 is 1.10 bits per heavy atom. The normalized spacial score (nSPS) is 17.1. The van der Waals surface area contributed by atoms with Crippen LogP contribution in [0.25, 0.3) is 22.3 Å². The highest BCUT2D eigenvalue weighted by Gasteiger charge is 2.50. The van der Waals surface area contributed by atoms with Gasteiger partial charge in [0, 0.05) is 16.5 Å². The fraction of sp³-hybridized carbons (Fsp3) is 0.379. The van der Waals surface area contributed by atoms with Crippen LogP contribution in [0, 0.1) is 0 Å². The number of carbonyl (C=O) groups excluding carboxylic acids is 4. The molecule has 2 N–H and O–H groups in total. The number of esters is 2. The van der Waals surface area contributed by atoms with Crippen molar-refractivity contribution in [1.82, 2.24) is 20.2 Å². The highest BCUT2D eigenvalue weighted by Crippen LogP contribution is 2.40. The molecule has 0 unspecified atom stereocenters. The molecule has 5 rings (SSSR count). The average molecular weight is 563 g/mol. The molecular formula is C29H30N4O8. The van der Waals surface area contributed by atoms with Crippen LogP contribution in [0.4, 0.5) is 4.79 Å². The smallest absolute Gasteiger partial charge is 0.408 e. The van der Waals surface area contributed by atoms with E-state index < -0.39 is 48.2 Å². The second-order valence-electron chi connectivity index (χ2n) is 10.9. The lowest BCUT2D eigenvalue weighted by molar-refractivity contribution is -0.189. The molecule has 0 bridgehead atoms. The summed E-state index contributed by atoms with van der Waals surface area (Å²) in [5, 5.41) is 5.57. The van der Waals surface area contributed by atoms with Gasteiger partial charge in [0.15, 0.2) is 0 Å². The van der Waals surface area contributed by atoms with E-state index in [2.05, 4.69) is 10.6 Å². The Labute approximate surface area is 235 Å². The lowest BCUT2D eigenvalue weighted by Gasteiger charge is -2.35. The number of para-hydroxylation sites is 1. The van der Waals surface area contributed by atoms with E-state index in [0.717, 1.165) is 16.5 Å². The maximum atomic E-state index is 13.6. The van der Waals surface area contributed by atoms with Crippen molar-refractivity contribution < 1.29 is 33.4 Å². The molecule has 0 fully saturated rings. The summed E-state index contributed by atoms with van der Waals surface area (Å²) in [5.41, 5.74) is 0.210. The van der Waals surface area contributed by atoms with Gasteiger partial charge in [0.05, 0.1) is 29.0 Å². The molecule has 1 atom stereocenters. The number of cyclic esters (lactones) is 1. The molecule has 0 saturated carbocycles. The highest BCUT2D eigenvalue weighted by atomic mass is 16.6. The predicted octanol–water partition coefficient (Wildman–Crippen LogP) is 2.27. The third kappa shape index (κ3) is 5.24. The fourth-order valence-corrected chi connectivity index (χ4v) is 5.01. The van der Waals surface area contributed by atoms with Crippen molar-refractivity contribution in [2.45, 2.75) is 58.5 Å². The lowest BCUT2D eigenvalue weighted by atomic mass is 9.85. The molecule has 3 aromatic rings. The van der Waals surface area contributed by atoms with Crippen LogP contribution in [0.5, 0.6) is 0 Å². The van der Waals surface area contributed by atoms with Crippen molar-refractivity contribution in [3.05, 3.63) is 63.4 Å². The summed E-state index contributed by atoms with van der Waals surface area (Å²) in [6.07, 6.45) is -0.802. The summed E-state index contributed by atoms with van der Waals surface area (Å²) in [6, 6.07) is 11.3. The van der Waals surface area contributed by atoms with E-state index in [0.29, 0.717) is 17.9 Å². The second kappa shape index (κ2) is 10.3. The molecule has 4 heterocycles. The Morgan fingerprint density at radius 3 is 2.59 bits per heavy atom. The standard InChI is InChI=1S/C29H30N4O8/c1-5-29(40-23(35)13-30-22(34)12-31-27(38)41-28(2,3)4)19-11-21-24-17(10-16-8-6-7-9-20(16)32-24)14-33(21)25(36)18(19)15-39-26(29)37/h6-11H,5,12-15H2,1-4H3,(H,30,34)(H,31,38)/t29-/m0/s1. The number of hydrogen-bond donors (Lipinski definition) is 2. The molecule has 12 heteroatoms. The zero-order valence-corrected chi connectivity index (χ0v) is 23.2. The maximum Gasteiger partial charge on any atom is 0.408 e. The van der Waals surface area contributed by atoms with Crippen molar-refractivity contribution in [2.75, 3.05) is 13.1 Å². The van der Waals surface area contributed by atoms with Crippen LogP contribution in [-0.4, -0.2) is 52.2 Å². The third-order valence-electron chi connectivity index (χ3n) is 6.89. The predicted molar refractivity (Wildman–Crippen MR) is 146 cm³/mol. The molecule has 41 heavy (non-hydrogen) atoms. The van der Waals surface area contributed by atoms with Crippen LogP contribution >= 0.6 is 0 Å². The first-order valence-electron chi connectivity index (χ1n) is 13.2. The highest BCUT2D eigenvalue weighted by molar-refractivity contribution is 5.90. The summed E-state index contributed by atoms with van der Waals surface area (Å²) >= 11 is 0. The van der Waals surface area contributed by atoms with Gasteiger partial charge in [-0.15, -0.1) is 0 Å². The Bertz CT molecular complexity index is 1650. The van der Waals surface area contributed by atoms with Gasteiger partial charge < -0.3 is 29.4 Å². The molecule has 12 nitrogen and oxygen atoms in total. The molecule has 2 aliphatic heterocycles. The number of benzene rings is 1. The number of ether oxygens (including phenoxy) is 3. The van der Waals surface area contributed by atoms with E-state index in [1.54, 1.807) is 38.3 Å². The molecule has 0 saturated heterocycles. The number of nitrogens with one attached hydrogen (secondary N) is 2. The molecule has 0 radical (unpaired) electrons. The average Bonchev–Trinajstić information content (AvgIpc) is 3.28. The third-order valence-corrected chi connectivity index (χ3v) is 6.89. The Hall–Kier alpha value is -4.74. The summed E-state index contributed by atoms with van der Waals surface area (Å²) < 4.78 is 17.6. The summed E-state index contributed by atoms with van der Waals surface area (Å²) in [6.45, 7) is 5.71. The first kappa shape index (κ1) is 27.8. The number of pyridine rings is 2. The fourth-order valence-electron chi connectivity index (χ4n) is 5.01. The van der Waals surface area contributed by atoms with Crippen molar-refractivity contribution in [3.63, 3.8) is 0 Å². The second-order valence-corrected chi connectivity index (χ2v) is 10.9. The molecule has 0 spiro atoms. The number of alkyl carbamates (subject to hydrolysis) is 1. The molecular weight excluding hydrogens is 532 g/mol. The van der Waals surface area contributed by atoms with Crippen molar-refractivity contribution >= 4 is 34.8 Å². The number of fused-ring (bicyclic) bond motifs is 5. The lowest BCUT2D eigenvalue weighted by Crippen LogP contribution is -2.49. The van der Waals surface area contributed by atoms with Gasteiger partial charge in [-0.05, 0) is 45.4 Å². The van der Waals surface area contributed by atoms with Crippen LogP contribution in [0.15, 0.2) is 41.2 Å². The zero-order valence-electron chi connectivity index (χ0n) is 23.2. The number of hydrogen-bond acceptors (Lipinski definition) is 9. The van der Waals surface area contributed by atoms with Gasteiger partial charge in [0.1, 0.15) is 25.3 Å². The number of amides is 2. The van der Waals surface area contributed by atoms with Crippen LogP contribution in [-0.2, 0) is 47.3 Å². The first-order chi connectivity index (χ1) is 19.4. The van der Waals surface area contributed by atoms with Gasteiger partial charge in [0.25, 0.3) is 5.56 Å². The Kier molecular flexibility index (Phi) is 7.02. The van der Waals surface area contributed by atoms with E-state index in [4.69, 9.17) is 19.2 Å². The molecule has 2 aliphatic rings. The minimum atomic E-state index is -1.89. The van der Waals surface area contributed by atoms with Crippen LogP contribution < -0.4 is 16.2 Å².